The number of ether oxygens (including phenoxy) is 1. The fraction of sp³-hybridized carbons (Fsp3) is 0.517. The molecule has 9 nitrogen and oxygen atoms in total. The number of rotatable bonds is 8. The summed E-state index contributed by atoms with van der Waals surface area (Å²) in [6.45, 7) is 3.34. The monoisotopic (exact) mass is 517 g/mol. The maximum Gasteiger partial charge on any atom is 0.256 e. The van der Waals surface area contributed by atoms with E-state index in [1.165, 1.54) is 0 Å². The third-order valence-electron chi connectivity index (χ3n) is 8.49. The number of amides is 2. The van der Waals surface area contributed by atoms with Gasteiger partial charge < -0.3 is 20.5 Å². The van der Waals surface area contributed by atoms with Crippen molar-refractivity contribution in [2.24, 2.45) is 4.99 Å². The number of aliphatic imine (C=N–C) groups is 1. The number of β-amino-alcohol motifs (C(OH)–C–C–N with tert-alkyl or cyclic N) is 1. The predicted molar refractivity (Wildman–Crippen MR) is 144 cm³/mol. The predicted octanol–water partition coefficient (Wildman–Crippen LogP) is 3.17. The molecular weight excluding hydrogens is 482 g/mol. The van der Waals surface area contributed by atoms with Crippen LogP contribution in [0.5, 0.6) is 0 Å². The van der Waals surface area contributed by atoms with Crippen molar-refractivity contribution in [3.8, 4) is 0 Å². The maximum atomic E-state index is 13.5. The molecule has 0 radical (unpaired) electrons. The van der Waals surface area contributed by atoms with E-state index in [4.69, 9.17) is 9.73 Å². The summed E-state index contributed by atoms with van der Waals surface area (Å²) in [5.41, 5.74) is 2.53. The van der Waals surface area contributed by atoms with Crippen molar-refractivity contribution in [3.05, 3.63) is 53.2 Å². The first-order valence-electron chi connectivity index (χ1n) is 13.8. The van der Waals surface area contributed by atoms with Crippen LogP contribution < -0.4 is 10.6 Å². The molecule has 1 aromatic heterocycles. The van der Waals surface area contributed by atoms with Crippen LogP contribution >= 0.6 is 0 Å². The van der Waals surface area contributed by atoms with Gasteiger partial charge in [0.2, 0.25) is 5.91 Å². The van der Waals surface area contributed by atoms with E-state index in [9.17, 15) is 14.7 Å². The number of unbranched alkanes of at least 4 members (excludes halogenated alkanes) is 2. The number of amidine groups is 1. The number of carbonyl (C=O) groups is 2. The quantitative estimate of drug-likeness (QED) is 0.366. The van der Waals surface area contributed by atoms with Crippen molar-refractivity contribution < 1.29 is 19.4 Å². The molecule has 1 fully saturated rings. The molecule has 3 aliphatic heterocycles. The van der Waals surface area contributed by atoms with Crippen LogP contribution in [0.15, 0.2) is 41.5 Å². The lowest BCUT2D eigenvalue weighted by atomic mass is 9.79. The van der Waals surface area contributed by atoms with Gasteiger partial charge in [-0.05, 0) is 48.6 Å². The van der Waals surface area contributed by atoms with E-state index < -0.39 is 17.2 Å². The Morgan fingerprint density at radius 1 is 1.16 bits per heavy atom. The number of nitrogens with zero attached hydrogens (tertiary/aromatic N) is 3. The molecule has 4 heterocycles. The average molecular weight is 518 g/mol. The fourth-order valence-electron chi connectivity index (χ4n) is 6.44. The van der Waals surface area contributed by atoms with Crippen molar-refractivity contribution in [2.45, 2.75) is 75.5 Å². The average Bonchev–Trinajstić information content (AvgIpc) is 3.51. The molecule has 1 aliphatic carbocycles. The number of nitrogens with one attached hydrogen (secondary N) is 2. The van der Waals surface area contributed by atoms with Gasteiger partial charge in [-0.25, -0.2) is 4.98 Å². The Morgan fingerprint density at radius 2 is 1.97 bits per heavy atom. The molecule has 200 valence electrons. The summed E-state index contributed by atoms with van der Waals surface area (Å²) in [4.78, 5) is 37.5. The van der Waals surface area contributed by atoms with Gasteiger partial charge in [0.05, 0.1) is 12.0 Å². The van der Waals surface area contributed by atoms with Crippen LogP contribution in [0.1, 0.15) is 62.1 Å². The molecule has 38 heavy (non-hydrogen) atoms. The first kappa shape index (κ1) is 25.0. The highest BCUT2D eigenvalue weighted by atomic mass is 16.5. The SMILES string of the molecule is CCCCCC1=NC2(CCOCC2)C(=O)N1CC(O)Nc1ccc2c(c1)C[C@@]1(C2)C(=O)Nc2ncccc21. The molecule has 2 spiro atoms. The number of benzene rings is 1. The molecule has 4 aliphatic rings. The molecule has 0 saturated carbocycles. The zero-order chi connectivity index (χ0) is 26.3. The Hall–Kier alpha value is -3.30. The summed E-state index contributed by atoms with van der Waals surface area (Å²) >= 11 is 0. The third kappa shape index (κ3) is 4.18. The topological polar surface area (TPSA) is 116 Å². The van der Waals surface area contributed by atoms with E-state index in [1.54, 1.807) is 11.1 Å². The second-order valence-electron chi connectivity index (χ2n) is 11.0. The molecule has 2 aromatic rings. The van der Waals surface area contributed by atoms with Crippen LogP contribution in [0.2, 0.25) is 0 Å². The van der Waals surface area contributed by atoms with Gasteiger partial charge >= 0.3 is 0 Å². The maximum absolute atomic E-state index is 13.5. The van der Waals surface area contributed by atoms with Gasteiger partial charge in [-0.15, -0.1) is 0 Å². The lowest BCUT2D eigenvalue weighted by Crippen LogP contribution is -2.49. The minimum absolute atomic E-state index is 0.0126. The van der Waals surface area contributed by atoms with Gasteiger partial charge in [0.25, 0.3) is 5.91 Å². The highest BCUT2D eigenvalue weighted by Gasteiger charge is 2.51. The van der Waals surface area contributed by atoms with Crippen LogP contribution in [0.3, 0.4) is 0 Å². The van der Waals surface area contributed by atoms with Crippen molar-refractivity contribution in [2.75, 3.05) is 30.4 Å². The van der Waals surface area contributed by atoms with E-state index in [0.717, 1.165) is 53.9 Å². The summed E-state index contributed by atoms with van der Waals surface area (Å²) in [6, 6.07) is 9.82. The zero-order valence-corrected chi connectivity index (χ0v) is 21.8. The Bertz CT molecular complexity index is 1290. The Kier molecular flexibility index (Phi) is 6.44. The van der Waals surface area contributed by atoms with Crippen LogP contribution in [0, 0.1) is 0 Å². The Balaban J connectivity index is 1.16. The lowest BCUT2D eigenvalue weighted by molar-refractivity contribution is -0.135. The highest BCUT2D eigenvalue weighted by Crippen LogP contribution is 2.47. The minimum Gasteiger partial charge on any atom is -0.381 e. The smallest absolute Gasteiger partial charge is 0.256 e. The summed E-state index contributed by atoms with van der Waals surface area (Å²) in [7, 11) is 0. The van der Waals surface area contributed by atoms with Gasteiger partial charge in [0.15, 0.2) is 0 Å². The van der Waals surface area contributed by atoms with E-state index in [2.05, 4.69) is 22.5 Å². The van der Waals surface area contributed by atoms with Crippen LogP contribution in [0.25, 0.3) is 0 Å². The summed E-state index contributed by atoms with van der Waals surface area (Å²) in [5, 5.41) is 17.1. The Morgan fingerprint density at radius 3 is 2.79 bits per heavy atom. The van der Waals surface area contributed by atoms with Crippen molar-refractivity contribution in [1.29, 1.82) is 0 Å². The molecule has 2 amide bonds. The molecule has 3 N–H and O–H groups in total. The number of hydrogen-bond acceptors (Lipinski definition) is 7. The van der Waals surface area contributed by atoms with E-state index in [1.807, 2.05) is 30.3 Å². The van der Waals surface area contributed by atoms with Crippen molar-refractivity contribution in [3.63, 3.8) is 0 Å². The second-order valence-corrected chi connectivity index (χ2v) is 11.0. The summed E-state index contributed by atoms with van der Waals surface area (Å²) in [6.07, 6.45) is 6.98. The number of aliphatic hydroxyl groups excluding tert-OH is 1. The largest absolute Gasteiger partial charge is 0.381 e. The Labute approximate surface area is 222 Å². The number of aromatic nitrogens is 1. The third-order valence-corrected chi connectivity index (χ3v) is 8.49. The van der Waals surface area contributed by atoms with E-state index in [0.29, 0.717) is 44.7 Å². The number of aliphatic hydroxyl groups is 1. The van der Waals surface area contributed by atoms with Gasteiger partial charge in [0.1, 0.15) is 23.4 Å². The normalized spacial score (nSPS) is 23.9. The molecule has 6 rings (SSSR count). The highest BCUT2D eigenvalue weighted by molar-refractivity contribution is 6.08. The van der Waals surface area contributed by atoms with Gasteiger partial charge in [-0.1, -0.05) is 31.9 Å². The van der Waals surface area contributed by atoms with Gasteiger partial charge in [-0.3, -0.25) is 19.5 Å². The first-order chi connectivity index (χ1) is 18.4. The molecule has 0 bridgehead atoms. The van der Waals surface area contributed by atoms with Crippen LogP contribution in [0.4, 0.5) is 11.5 Å². The van der Waals surface area contributed by atoms with E-state index in [-0.39, 0.29) is 18.4 Å². The number of anilines is 2. The van der Waals surface area contributed by atoms with E-state index >= 15 is 0 Å². The fourth-order valence-corrected chi connectivity index (χ4v) is 6.44. The number of fused-ring (bicyclic) bond motifs is 3. The van der Waals surface area contributed by atoms with Gasteiger partial charge in [-0.2, -0.15) is 0 Å². The first-order valence-corrected chi connectivity index (χ1v) is 13.8. The van der Waals surface area contributed by atoms with Crippen LogP contribution in [-0.2, 0) is 32.6 Å². The number of hydrogen-bond donors (Lipinski definition) is 3. The molecule has 1 unspecified atom stereocenters. The number of carbonyl (C=O) groups excluding carboxylic acids is 2. The second kappa shape index (κ2) is 9.78. The van der Waals surface area contributed by atoms with Crippen LogP contribution in [-0.4, -0.2) is 64.2 Å². The van der Waals surface area contributed by atoms with Crippen molar-refractivity contribution in [1.82, 2.24) is 9.88 Å². The number of pyridine rings is 1. The summed E-state index contributed by atoms with van der Waals surface area (Å²) in [5.74, 6) is 1.39. The minimum atomic E-state index is -0.960. The molecule has 1 saturated heterocycles. The lowest BCUT2D eigenvalue weighted by Gasteiger charge is -2.30. The summed E-state index contributed by atoms with van der Waals surface area (Å²) < 4.78 is 5.50. The zero-order valence-electron chi connectivity index (χ0n) is 21.8. The molecule has 1 aromatic carbocycles. The standard InChI is InChI=1S/C29H35N5O4/c1-2-3-4-7-23-33-29(10-13-38-14-11-29)27(37)34(23)18-24(35)31-21-9-8-19-16-28(17-20(19)15-21)22-6-5-12-30-25(22)32-26(28)36/h5-6,8-9,12,15,24,31,35H,2-4,7,10-11,13-14,16-18H2,1H3,(H,30,32,36)/t24?,28-/m1/s1. The van der Waals surface area contributed by atoms with Crippen molar-refractivity contribution >= 4 is 29.2 Å². The van der Waals surface area contributed by atoms with Gasteiger partial charge in [0, 0.05) is 49.9 Å². The molecular formula is C29H35N5O4. The molecule has 2 atom stereocenters. The molecule has 9 heteroatoms.